The molecule has 2 aromatic carbocycles. The summed E-state index contributed by atoms with van der Waals surface area (Å²) in [6, 6.07) is 17.6. The number of nitrogens with one attached hydrogen (secondary N) is 1. The topological polar surface area (TPSA) is 49.4 Å². The summed E-state index contributed by atoms with van der Waals surface area (Å²) in [6.07, 6.45) is 3.09. The molecule has 29 heavy (non-hydrogen) atoms. The van der Waals surface area contributed by atoms with Gasteiger partial charge in [0.05, 0.1) is 0 Å². The van der Waals surface area contributed by atoms with Crippen LogP contribution < -0.4 is 5.32 Å². The maximum Gasteiger partial charge on any atom is 0.252 e. The van der Waals surface area contributed by atoms with Crippen molar-refractivity contribution in [1.82, 2.24) is 10.2 Å². The van der Waals surface area contributed by atoms with Crippen molar-refractivity contribution >= 4 is 11.8 Å². The van der Waals surface area contributed by atoms with Gasteiger partial charge >= 0.3 is 0 Å². The molecule has 1 N–H and O–H groups in total. The van der Waals surface area contributed by atoms with Crippen LogP contribution in [0.4, 0.5) is 0 Å². The molecule has 1 fully saturated rings. The second kappa shape index (κ2) is 9.73. The zero-order valence-corrected chi connectivity index (χ0v) is 17.7. The van der Waals surface area contributed by atoms with Gasteiger partial charge in [0.2, 0.25) is 5.91 Å². The van der Waals surface area contributed by atoms with E-state index in [4.69, 9.17) is 0 Å². The number of hydrogen-bond donors (Lipinski definition) is 1. The van der Waals surface area contributed by atoms with E-state index in [1.165, 1.54) is 5.56 Å². The third kappa shape index (κ3) is 5.47. The number of aryl methyl sites for hydroxylation is 1. The van der Waals surface area contributed by atoms with Gasteiger partial charge in [-0.2, -0.15) is 0 Å². The van der Waals surface area contributed by atoms with Gasteiger partial charge in [-0.05, 0) is 55.2 Å². The molecule has 1 saturated heterocycles. The maximum absolute atomic E-state index is 13.2. The minimum atomic E-state index is -0.493. The van der Waals surface area contributed by atoms with Crippen molar-refractivity contribution in [3.8, 4) is 0 Å². The fourth-order valence-corrected chi connectivity index (χ4v) is 4.06. The Balaban J connectivity index is 1.58. The highest BCUT2D eigenvalue weighted by Crippen LogP contribution is 2.23. The standard InChI is InChI=1S/C25H32N2O2/c1-18(2)23(26-24(28)22-12-8-7-9-19(22)3)25(29)27-15-13-21(14-16-27)17-20-10-5-4-6-11-20/h4-12,18,21,23H,13-17H2,1-3H3,(H,26,28)/t23-/m0/s1. The van der Waals surface area contributed by atoms with Crippen molar-refractivity contribution in [2.75, 3.05) is 13.1 Å². The summed E-state index contributed by atoms with van der Waals surface area (Å²) in [5.74, 6) is 0.521. The van der Waals surface area contributed by atoms with E-state index in [9.17, 15) is 9.59 Å². The molecule has 1 atom stereocenters. The van der Waals surface area contributed by atoms with Gasteiger partial charge in [0.15, 0.2) is 0 Å². The van der Waals surface area contributed by atoms with Crippen LogP contribution in [0.15, 0.2) is 54.6 Å². The zero-order chi connectivity index (χ0) is 20.8. The number of carbonyl (C=O) groups is 2. The molecule has 3 rings (SSSR count). The third-order valence-electron chi connectivity index (χ3n) is 5.90. The Hall–Kier alpha value is -2.62. The van der Waals surface area contributed by atoms with Crippen molar-refractivity contribution in [2.45, 2.75) is 46.1 Å². The largest absolute Gasteiger partial charge is 0.341 e. The molecule has 1 aliphatic rings. The predicted molar refractivity (Wildman–Crippen MR) is 117 cm³/mol. The van der Waals surface area contributed by atoms with Gasteiger partial charge < -0.3 is 10.2 Å². The molecule has 0 spiro atoms. The van der Waals surface area contributed by atoms with Crippen molar-refractivity contribution in [3.63, 3.8) is 0 Å². The van der Waals surface area contributed by atoms with Crippen molar-refractivity contribution in [2.24, 2.45) is 11.8 Å². The minimum absolute atomic E-state index is 0.0394. The van der Waals surface area contributed by atoms with Crippen LogP contribution in [0.5, 0.6) is 0 Å². The molecule has 0 saturated carbocycles. The highest BCUT2D eigenvalue weighted by atomic mass is 16.2. The van der Waals surface area contributed by atoms with E-state index >= 15 is 0 Å². The van der Waals surface area contributed by atoms with Gasteiger partial charge in [-0.25, -0.2) is 0 Å². The molecule has 0 aromatic heterocycles. The Kier molecular flexibility index (Phi) is 7.08. The fraction of sp³-hybridized carbons (Fsp3) is 0.440. The maximum atomic E-state index is 13.2. The van der Waals surface area contributed by atoms with Crippen molar-refractivity contribution in [3.05, 3.63) is 71.3 Å². The van der Waals surface area contributed by atoms with Gasteiger partial charge in [0.1, 0.15) is 6.04 Å². The number of nitrogens with zero attached hydrogens (tertiary/aromatic N) is 1. The minimum Gasteiger partial charge on any atom is -0.341 e. The van der Waals surface area contributed by atoms with Crippen LogP contribution in [0.1, 0.15) is 48.2 Å². The number of benzene rings is 2. The number of amides is 2. The van der Waals surface area contributed by atoms with Gasteiger partial charge in [0, 0.05) is 18.7 Å². The Morgan fingerprint density at radius 2 is 1.62 bits per heavy atom. The summed E-state index contributed by atoms with van der Waals surface area (Å²) in [7, 11) is 0. The molecule has 0 aliphatic carbocycles. The van der Waals surface area contributed by atoms with Crippen LogP contribution in [0.2, 0.25) is 0 Å². The lowest BCUT2D eigenvalue weighted by molar-refractivity contribution is -0.135. The summed E-state index contributed by atoms with van der Waals surface area (Å²) >= 11 is 0. The smallest absolute Gasteiger partial charge is 0.252 e. The number of piperidine rings is 1. The zero-order valence-electron chi connectivity index (χ0n) is 17.7. The molecule has 154 valence electrons. The summed E-state index contributed by atoms with van der Waals surface area (Å²) < 4.78 is 0. The van der Waals surface area contributed by atoms with E-state index in [1.54, 1.807) is 0 Å². The Morgan fingerprint density at radius 3 is 2.24 bits per heavy atom. The molecule has 4 heteroatoms. The van der Waals surface area contributed by atoms with Crippen LogP contribution in [0.25, 0.3) is 0 Å². The SMILES string of the molecule is Cc1ccccc1C(=O)N[C@H](C(=O)N1CCC(Cc2ccccc2)CC1)C(C)C. The normalized spacial score (nSPS) is 15.9. The van der Waals surface area contributed by atoms with E-state index in [0.29, 0.717) is 11.5 Å². The average Bonchev–Trinajstić information content (AvgIpc) is 2.73. The first kappa shape index (κ1) is 21.1. The average molecular weight is 393 g/mol. The predicted octanol–water partition coefficient (Wildman–Crippen LogP) is 4.23. The van der Waals surface area contributed by atoms with Gasteiger partial charge in [-0.15, -0.1) is 0 Å². The quantitative estimate of drug-likeness (QED) is 0.800. The van der Waals surface area contributed by atoms with E-state index in [-0.39, 0.29) is 17.7 Å². The molecule has 0 bridgehead atoms. The van der Waals surface area contributed by atoms with E-state index in [2.05, 4.69) is 29.6 Å². The molecule has 0 radical (unpaired) electrons. The van der Waals surface area contributed by atoms with Crippen LogP contribution in [0.3, 0.4) is 0 Å². The summed E-state index contributed by atoms with van der Waals surface area (Å²) in [6.45, 7) is 7.42. The van der Waals surface area contributed by atoms with E-state index in [1.807, 2.05) is 56.0 Å². The number of rotatable bonds is 6. The molecule has 1 aliphatic heterocycles. The van der Waals surface area contributed by atoms with Crippen LogP contribution >= 0.6 is 0 Å². The number of likely N-dealkylation sites (tertiary alicyclic amines) is 1. The summed E-state index contributed by atoms with van der Waals surface area (Å²) in [5, 5.41) is 2.99. The fourth-order valence-electron chi connectivity index (χ4n) is 4.06. The van der Waals surface area contributed by atoms with Crippen molar-refractivity contribution in [1.29, 1.82) is 0 Å². The second-order valence-corrected chi connectivity index (χ2v) is 8.47. The van der Waals surface area contributed by atoms with Gasteiger partial charge in [0.25, 0.3) is 5.91 Å². The molecule has 2 aromatic rings. The highest BCUT2D eigenvalue weighted by Gasteiger charge is 2.31. The van der Waals surface area contributed by atoms with Crippen molar-refractivity contribution < 1.29 is 9.59 Å². The lowest BCUT2D eigenvalue weighted by Crippen LogP contribution is -2.53. The van der Waals surface area contributed by atoms with E-state index in [0.717, 1.165) is 37.9 Å². The van der Waals surface area contributed by atoms with Gasteiger partial charge in [-0.1, -0.05) is 62.4 Å². The molecular formula is C25H32N2O2. The van der Waals surface area contributed by atoms with Crippen LogP contribution in [-0.2, 0) is 11.2 Å². The first-order valence-corrected chi connectivity index (χ1v) is 10.6. The first-order valence-electron chi connectivity index (χ1n) is 10.6. The Labute approximate surface area is 174 Å². The molecule has 0 unspecified atom stereocenters. The first-order chi connectivity index (χ1) is 14.0. The lowest BCUT2D eigenvalue weighted by atomic mass is 9.89. The van der Waals surface area contributed by atoms with E-state index < -0.39 is 6.04 Å². The molecule has 4 nitrogen and oxygen atoms in total. The van der Waals surface area contributed by atoms with Crippen LogP contribution in [-0.4, -0.2) is 35.8 Å². The lowest BCUT2D eigenvalue weighted by Gasteiger charge is -2.35. The van der Waals surface area contributed by atoms with Gasteiger partial charge in [-0.3, -0.25) is 9.59 Å². The van der Waals surface area contributed by atoms with Crippen LogP contribution in [0, 0.1) is 18.8 Å². The Bertz CT molecular complexity index is 824. The highest BCUT2D eigenvalue weighted by molar-refractivity contribution is 5.98. The molecule has 2 amide bonds. The second-order valence-electron chi connectivity index (χ2n) is 8.47. The molecular weight excluding hydrogens is 360 g/mol. The number of carbonyl (C=O) groups excluding carboxylic acids is 2. The monoisotopic (exact) mass is 392 g/mol. The summed E-state index contributed by atoms with van der Waals surface area (Å²) in [5.41, 5.74) is 2.91. The third-order valence-corrected chi connectivity index (χ3v) is 5.90. The Morgan fingerprint density at radius 1 is 1.00 bits per heavy atom. The molecule has 1 heterocycles. The summed E-state index contributed by atoms with van der Waals surface area (Å²) in [4.78, 5) is 27.8. The number of hydrogen-bond acceptors (Lipinski definition) is 2.